The summed E-state index contributed by atoms with van der Waals surface area (Å²) in [4.78, 5) is 23.9. The van der Waals surface area contributed by atoms with E-state index in [-0.39, 0.29) is 5.69 Å². The number of alkyl halides is 3. The number of halogens is 3. The van der Waals surface area contributed by atoms with Crippen molar-refractivity contribution in [2.45, 2.75) is 19.2 Å². The third-order valence-electron chi connectivity index (χ3n) is 4.34. The van der Waals surface area contributed by atoms with Crippen molar-refractivity contribution in [1.82, 2.24) is 5.43 Å². The molecular weight excluding hydrogens is 435 g/mol. The normalized spacial score (nSPS) is 11.2. The van der Waals surface area contributed by atoms with Crippen LogP contribution in [0.5, 0.6) is 5.75 Å². The fourth-order valence-electron chi connectivity index (χ4n) is 2.79. The molecule has 170 valence electrons. The van der Waals surface area contributed by atoms with Gasteiger partial charge in [0.25, 0.3) is 0 Å². The molecule has 6 nitrogen and oxygen atoms in total. The second-order valence-electron chi connectivity index (χ2n) is 6.91. The first-order chi connectivity index (χ1) is 15.8. The lowest BCUT2D eigenvalue weighted by atomic mass is 10.2. The number of hydrogen-bond donors (Lipinski definition) is 2. The van der Waals surface area contributed by atoms with Crippen molar-refractivity contribution in [3.05, 3.63) is 95.6 Å². The molecule has 3 rings (SSSR count). The zero-order valence-corrected chi connectivity index (χ0v) is 17.3. The fraction of sp³-hybridized carbons (Fsp3) is 0.125. The topological polar surface area (TPSA) is 79.8 Å². The zero-order valence-electron chi connectivity index (χ0n) is 17.3. The molecule has 0 atom stereocenters. The van der Waals surface area contributed by atoms with Gasteiger partial charge in [-0.2, -0.15) is 18.3 Å². The van der Waals surface area contributed by atoms with Crippen LogP contribution in [0, 0.1) is 0 Å². The van der Waals surface area contributed by atoms with E-state index in [1.165, 1.54) is 18.3 Å². The molecule has 0 aliphatic rings. The molecule has 0 bridgehead atoms. The first kappa shape index (κ1) is 23.5. The molecule has 0 unspecified atom stereocenters. The molecule has 0 saturated heterocycles. The number of carbonyl (C=O) groups is 2. The van der Waals surface area contributed by atoms with E-state index < -0.39 is 30.0 Å². The van der Waals surface area contributed by atoms with Gasteiger partial charge in [0.2, 0.25) is 11.8 Å². The summed E-state index contributed by atoms with van der Waals surface area (Å²) in [5.41, 5.74) is 2.86. The number of rotatable bonds is 8. The van der Waals surface area contributed by atoms with Crippen LogP contribution in [0.1, 0.15) is 23.1 Å². The van der Waals surface area contributed by atoms with E-state index in [4.69, 9.17) is 4.74 Å². The minimum absolute atomic E-state index is 0.0596. The fourth-order valence-corrected chi connectivity index (χ4v) is 2.79. The Morgan fingerprint density at radius 1 is 0.909 bits per heavy atom. The molecule has 0 heterocycles. The summed E-state index contributed by atoms with van der Waals surface area (Å²) in [6, 6.07) is 20.8. The van der Waals surface area contributed by atoms with Gasteiger partial charge in [-0.05, 0) is 35.9 Å². The predicted molar refractivity (Wildman–Crippen MR) is 118 cm³/mol. The Hall–Kier alpha value is -4.14. The summed E-state index contributed by atoms with van der Waals surface area (Å²) in [6.07, 6.45) is -3.77. The van der Waals surface area contributed by atoms with Crippen molar-refractivity contribution in [2.24, 2.45) is 5.10 Å². The Morgan fingerprint density at radius 3 is 2.39 bits per heavy atom. The van der Waals surface area contributed by atoms with E-state index >= 15 is 0 Å². The summed E-state index contributed by atoms with van der Waals surface area (Å²) >= 11 is 0. The van der Waals surface area contributed by atoms with Crippen molar-refractivity contribution >= 4 is 23.7 Å². The second-order valence-corrected chi connectivity index (χ2v) is 6.91. The monoisotopic (exact) mass is 455 g/mol. The van der Waals surface area contributed by atoms with Crippen LogP contribution in [0.2, 0.25) is 0 Å². The molecule has 3 aromatic carbocycles. The lowest BCUT2D eigenvalue weighted by molar-refractivity contribution is -0.137. The number of carbonyl (C=O) groups excluding carboxylic acids is 2. The van der Waals surface area contributed by atoms with Crippen molar-refractivity contribution in [1.29, 1.82) is 0 Å². The second kappa shape index (κ2) is 10.9. The van der Waals surface area contributed by atoms with Crippen molar-refractivity contribution in [3.8, 4) is 5.75 Å². The Balaban J connectivity index is 1.51. The number of nitrogens with one attached hydrogen (secondary N) is 2. The average Bonchev–Trinajstić information content (AvgIpc) is 2.78. The van der Waals surface area contributed by atoms with Crippen LogP contribution >= 0.6 is 0 Å². The number of amides is 2. The molecule has 2 N–H and O–H groups in total. The molecule has 0 aliphatic carbocycles. The SMILES string of the molecule is O=C(CC(=O)Nc1cccc(C(F)(F)F)c1)NN=Cc1ccccc1OCc1ccccc1. The van der Waals surface area contributed by atoms with Crippen LogP contribution in [0.25, 0.3) is 0 Å². The van der Waals surface area contributed by atoms with Gasteiger partial charge in [-0.1, -0.05) is 48.5 Å². The van der Waals surface area contributed by atoms with Gasteiger partial charge in [-0.15, -0.1) is 0 Å². The van der Waals surface area contributed by atoms with E-state index in [1.54, 1.807) is 24.3 Å². The summed E-state index contributed by atoms with van der Waals surface area (Å²) in [6.45, 7) is 0.355. The Bertz CT molecular complexity index is 1130. The Kier molecular flexibility index (Phi) is 7.80. The smallest absolute Gasteiger partial charge is 0.416 e. The number of para-hydroxylation sites is 1. The Labute approximate surface area is 188 Å². The van der Waals surface area contributed by atoms with E-state index in [9.17, 15) is 22.8 Å². The standard InChI is InChI=1S/C24H20F3N3O3/c25-24(26,27)19-10-6-11-20(13-19)29-22(31)14-23(32)30-28-15-18-9-4-5-12-21(18)33-16-17-7-2-1-3-8-17/h1-13,15H,14,16H2,(H,29,31)(H,30,32). The van der Waals surface area contributed by atoms with Gasteiger partial charge in [0.15, 0.2) is 0 Å². The van der Waals surface area contributed by atoms with Crippen LogP contribution < -0.4 is 15.5 Å². The molecule has 0 fully saturated rings. The molecule has 2 amide bonds. The van der Waals surface area contributed by atoms with Gasteiger partial charge in [0.05, 0.1) is 11.8 Å². The number of nitrogens with zero attached hydrogens (tertiary/aromatic N) is 1. The maximum Gasteiger partial charge on any atom is 0.416 e. The number of ether oxygens (including phenoxy) is 1. The third-order valence-corrected chi connectivity index (χ3v) is 4.34. The van der Waals surface area contributed by atoms with Gasteiger partial charge in [0, 0.05) is 11.3 Å². The molecule has 0 aliphatic heterocycles. The zero-order chi connectivity index (χ0) is 23.7. The first-order valence-corrected chi connectivity index (χ1v) is 9.86. The maximum absolute atomic E-state index is 12.8. The van der Waals surface area contributed by atoms with Crippen LogP contribution in [-0.4, -0.2) is 18.0 Å². The summed E-state index contributed by atoms with van der Waals surface area (Å²) in [5.74, 6) is -0.936. The van der Waals surface area contributed by atoms with Crippen LogP contribution in [0.15, 0.2) is 84.0 Å². The van der Waals surface area contributed by atoms with Crippen molar-refractivity contribution in [3.63, 3.8) is 0 Å². The van der Waals surface area contributed by atoms with Crippen LogP contribution in [0.4, 0.5) is 18.9 Å². The average molecular weight is 455 g/mol. The highest BCUT2D eigenvalue weighted by Gasteiger charge is 2.30. The molecule has 0 spiro atoms. The minimum atomic E-state index is -4.53. The van der Waals surface area contributed by atoms with Gasteiger partial charge < -0.3 is 10.1 Å². The quantitative estimate of drug-likeness (QED) is 0.292. The number of hydrogen-bond acceptors (Lipinski definition) is 4. The molecular formula is C24H20F3N3O3. The third kappa shape index (κ3) is 7.49. The molecule has 0 saturated carbocycles. The van der Waals surface area contributed by atoms with Crippen molar-refractivity contribution in [2.75, 3.05) is 5.32 Å². The van der Waals surface area contributed by atoms with Crippen LogP contribution in [-0.2, 0) is 22.4 Å². The van der Waals surface area contributed by atoms with E-state index in [0.29, 0.717) is 17.9 Å². The first-order valence-electron chi connectivity index (χ1n) is 9.86. The molecule has 0 aromatic heterocycles. The lowest BCUT2D eigenvalue weighted by Crippen LogP contribution is -2.24. The molecule has 0 radical (unpaired) electrons. The number of benzene rings is 3. The minimum Gasteiger partial charge on any atom is -0.488 e. The number of anilines is 1. The highest BCUT2D eigenvalue weighted by atomic mass is 19.4. The van der Waals surface area contributed by atoms with Crippen LogP contribution in [0.3, 0.4) is 0 Å². The summed E-state index contributed by atoms with van der Waals surface area (Å²) in [5, 5.41) is 6.09. The van der Waals surface area contributed by atoms with E-state index in [1.807, 2.05) is 30.3 Å². The predicted octanol–water partition coefficient (Wildman–Crippen LogP) is 4.76. The van der Waals surface area contributed by atoms with Gasteiger partial charge in [0.1, 0.15) is 18.8 Å². The maximum atomic E-state index is 12.8. The Morgan fingerprint density at radius 2 is 1.64 bits per heavy atom. The highest BCUT2D eigenvalue weighted by molar-refractivity contribution is 6.03. The number of hydrazone groups is 1. The van der Waals surface area contributed by atoms with E-state index in [2.05, 4.69) is 15.8 Å². The van der Waals surface area contributed by atoms with Gasteiger partial charge >= 0.3 is 6.18 Å². The summed E-state index contributed by atoms with van der Waals surface area (Å²) < 4.78 is 44.1. The van der Waals surface area contributed by atoms with Crippen molar-refractivity contribution < 1.29 is 27.5 Å². The van der Waals surface area contributed by atoms with E-state index in [0.717, 1.165) is 17.7 Å². The lowest BCUT2D eigenvalue weighted by Gasteiger charge is -2.10. The highest BCUT2D eigenvalue weighted by Crippen LogP contribution is 2.30. The molecule has 9 heteroatoms. The molecule has 33 heavy (non-hydrogen) atoms. The largest absolute Gasteiger partial charge is 0.488 e. The van der Waals surface area contributed by atoms with Gasteiger partial charge in [-0.25, -0.2) is 5.43 Å². The van der Waals surface area contributed by atoms with Gasteiger partial charge in [-0.3, -0.25) is 9.59 Å². The molecule has 3 aromatic rings. The summed E-state index contributed by atoms with van der Waals surface area (Å²) in [7, 11) is 0.